The Bertz CT molecular complexity index is 520. The van der Waals surface area contributed by atoms with Crippen LogP contribution in [0.2, 0.25) is 0 Å². The van der Waals surface area contributed by atoms with E-state index in [4.69, 9.17) is 0 Å². The van der Waals surface area contributed by atoms with Gasteiger partial charge < -0.3 is 5.32 Å². The second kappa shape index (κ2) is 6.22. The van der Waals surface area contributed by atoms with Crippen molar-refractivity contribution >= 4 is 9.84 Å². The normalized spacial score (nSPS) is 19.1. The van der Waals surface area contributed by atoms with Crippen LogP contribution in [0.5, 0.6) is 0 Å². The Morgan fingerprint density at radius 1 is 1.25 bits per heavy atom. The van der Waals surface area contributed by atoms with Crippen LogP contribution in [0.15, 0.2) is 29.4 Å². The van der Waals surface area contributed by atoms with Crippen molar-refractivity contribution in [2.45, 2.75) is 62.6 Å². The number of nitrogens with zero attached hydrogens (tertiary/aromatic N) is 1. The van der Waals surface area contributed by atoms with Gasteiger partial charge in [-0.1, -0.05) is 39.2 Å². The highest BCUT2D eigenvalue weighted by Crippen LogP contribution is 2.31. The topological polar surface area (TPSA) is 59.1 Å². The number of hydrogen-bond acceptors (Lipinski definition) is 4. The molecule has 2 rings (SSSR count). The van der Waals surface area contributed by atoms with Crippen LogP contribution in [0, 0.1) is 0 Å². The average molecular weight is 296 g/mol. The molecule has 0 bridgehead atoms. The maximum Gasteiger partial charge on any atom is 0.197 e. The molecular weight excluding hydrogens is 272 g/mol. The van der Waals surface area contributed by atoms with Crippen LogP contribution in [0.1, 0.15) is 46.0 Å². The van der Waals surface area contributed by atoms with Gasteiger partial charge in [-0.05, 0) is 25.0 Å². The maximum atomic E-state index is 12.6. The number of nitrogens with one attached hydrogen (secondary N) is 1. The van der Waals surface area contributed by atoms with Crippen molar-refractivity contribution in [3.05, 3.63) is 24.4 Å². The number of hydrogen-bond donors (Lipinski definition) is 1. The van der Waals surface area contributed by atoms with E-state index in [1.807, 2.05) is 0 Å². The van der Waals surface area contributed by atoms with Crippen LogP contribution in [0.3, 0.4) is 0 Å². The lowest BCUT2D eigenvalue weighted by molar-refractivity contribution is 0.240. The van der Waals surface area contributed by atoms with Crippen LogP contribution in [-0.4, -0.2) is 30.7 Å². The van der Waals surface area contributed by atoms with E-state index in [1.165, 1.54) is 12.6 Å². The molecule has 0 atom stereocenters. The van der Waals surface area contributed by atoms with E-state index in [9.17, 15) is 8.42 Å². The van der Waals surface area contributed by atoms with Crippen molar-refractivity contribution in [3.8, 4) is 0 Å². The maximum absolute atomic E-state index is 12.6. The standard InChI is InChI=1S/C15H24N2O2S/c1-13(2)17-15(9-5-3-6-10-15)12-20(18,19)14-8-4-7-11-16-14/h4,7-8,11,13,17H,3,5-6,9-10,12H2,1-2H3. The first-order valence-corrected chi connectivity index (χ1v) is 9.00. The zero-order chi connectivity index (χ0) is 14.6. The minimum absolute atomic E-state index is 0.148. The lowest BCUT2D eigenvalue weighted by atomic mass is 9.82. The molecule has 1 fully saturated rings. The highest BCUT2D eigenvalue weighted by atomic mass is 32.2. The molecule has 112 valence electrons. The van der Waals surface area contributed by atoms with Gasteiger partial charge in [-0.3, -0.25) is 0 Å². The monoisotopic (exact) mass is 296 g/mol. The third-order valence-electron chi connectivity index (χ3n) is 3.83. The van der Waals surface area contributed by atoms with E-state index in [0.29, 0.717) is 0 Å². The predicted molar refractivity (Wildman–Crippen MR) is 80.4 cm³/mol. The Morgan fingerprint density at radius 3 is 2.50 bits per heavy atom. The van der Waals surface area contributed by atoms with Gasteiger partial charge in [0.05, 0.1) is 5.75 Å². The first kappa shape index (κ1) is 15.4. The van der Waals surface area contributed by atoms with Crippen LogP contribution in [-0.2, 0) is 9.84 Å². The molecule has 1 N–H and O–H groups in total. The van der Waals surface area contributed by atoms with Crippen LogP contribution >= 0.6 is 0 Å². The van der Waals surface area contributed by atoms with Gasteiger partial charge in [-0.15, -0.1) is 0 Å². The largest absolute Gasteiger partial charge is 0.308 e. The molecule has 1 aromatic rings. The second-order valence-corrected chi connectivity index (χ2v) is 8.00. The van der Waals surface area contributed by atoms with Crippen molar-refractivity contribution in [3.63, 3.8) is 0 Å². The second-order valence-electron chi connectivity index (χ2n) is 6.07. The molecule has 4 nitrogen and oxygen atoms in total. The number of pyridine rings is 1. The Morgan fingerprint density at radius 2 is 1.95 bits per heavy atom. The summed E-state index contributed by atoms with van der Waals surface area (Å²) in [6, 6.07) is 5.33. The van der Waals surface area contributed by atoms with Crippen LogP contribution in [0.25, 0.3) is 0 Å². The summed E-state index contributed by atoms with van der Waals surface area (Å²) in [7, 11) is -3.34. The lowest BCUT2D eigenvalue weighted by Crippen LogP contribution is -2.54. The van der Waals surface area contributed by atoms with Gasteiger partial charge >= 0.3 is 0 Å². The quantitative estimate of drug-likeness (QED) is 0.907. The zero-order valence-corrected chi connectivity index (χ0v) is 13.1. The minimum atomic E-state index is -3.34. The molecule has 0 aromatic carbocycles. The molecule has 0 spiro atoms. The Balaban J connectivity index is 2.23. The van der Waals surface area contributed by atoms with Gasteiger partial charge in [0.25, 0.3) is 0 Å². The van der Waals surface area contributed by atoms with Crippen molar-refractivity contribution in [1.82, 2.24) is 10.3 Å². The van der Waals surface area contributed by atoms with E-state index in [-0.39, 0.29) is 22.4 Å². The molecule has 1 aliphatic rings. The third-order valence-corrected chi connectivity index (χ3v) is 5.64. The lowest BCUT2D eigenvalue weighted by Gasteiger charge is -2.39. The molecule has 0 aliphatic heterocycles. The van der Waals surface area contributed by atoms with Crippen molar-refractivity contribution in [2.75, 3.05) is 5.75 Å². The fourth-order valence-electron chi connectivity index (χ4n) is 3.14. The molecule has 0 saturated heterocycles. The molecule has 1 aliphatic carbocycles. The number of sulfone groups is 1. The fourth-order valence-corrected chi connectivity index (χ4v) is 4.89. The molecule has 0 amide bonds. The van der Waals surface area contributed by atoms with E-state index < -0.39 is 9.84 Å². The molecular formula is C15H24N2O2S. The van der Waals surface area contributed by atoms with Gasteiger partial charge in [-0.25, -0.2) is 13.4 Å². The van der Waals surface area contributed by atoms with Crippen molar-refractivity contribution in [1.29, 1.82) is 0 Å². The van der Waals surface area contributed by atoms with Crippen molar-refractivity contribution < 1.29 is 8.42 Å². The first-order chi connectivity index (χ1) is 9.44. The zero-order valence-electron chi connectivity index (χ0n) is 12.3. The summed E-state index contributed by atoms with van der Waals surface area (Å²) in [5.74, 6) is 0.148. The van der Waals surface area contributed by atoms with E-state index >= 15 is 0 Å². The summed E-state index contributed by atoms with van der Waals surface area (Å²) >= 11 is 0. The fraction of sp³-hybridized carbons (Fsp3) is 0.667. The van der Waals surface area contributed by atoms with Gasteiger partial charge in [0.15, 0.2) is 14.9 Å². The van der Waals surface area contributed by atoms with E-state index in [0.717, 1.165) is 25.7 Å². The highest BCUT2D eigenvalue weighted by Gasteiger charge is 2.37. The summed E-state index contributed by atoms with van der Waals surface area (Å²) in [5, 5.41) is 3.70. The summed E-state index contributed by atoms with van der Waals surface area (Å²) < 4.78 is 25.2. The van der Waals surface area contributed by atoms with E-state index in [1.54, 1.807) is 18.2 Å². The molecule has 20 heavy (non-hydrogen) atoms. The van der Waals surface area contributed by atoms with Crippen LogP contribution < -0.4 is 5.32 Å². The SMILES string of the molecule is CC(C)NC1(CS(=O)(=O)c2ccccn2)CCCCC1. The predicted octanol–water partition coefficient (Wildman–Crippen LogP) is 2.56. The summed E-state index contributed by atoms with van der Waals surface area (Å²) in [6.07, 6.45) is 6.78. The molecule has 1 saturated carbocycles. The van der Waals surface area contributed by atoms with Crippen LogP contribution in [0.4, 0.5) is 0 Å². The molecule has 5 heteroatoms. The summed E-state index contributed by atoms with van der Waals surface area (Å²) in [6.45, 7) is 4.15. The first-order valence-electron chi connectivity index (χ1n) is 7.35. The van der Waals surface area contributed by atoms with Crippen molar-refractivity contribution in [2.24, 2.45) is 0 Å². The Hall–Kier alpha value is -0.940. The van der Waals surface area contributed by atoms with Gasteiger partial charge in [0.2, 0.25) is 0 Å². The smallest absolute Gasteiger partial charge is 0.197 e. The molecule has 0 radical (unpaired) electrons. The highest BCUT2D eigenvalue weighted by molar-refractivity contribution is 7.91. The number of rotatable bonds is 5. The Kier molecular flexibility index (Phi) is 4.81. The number of aromatic nitrogens is 1. The van der Waals surface area contributed by atoms with Gasteiger partial charge in [0, 0.05) is 17.8 Å². The van der Waals surface area contributed by atoms with Gasteiger partial charge in [-0.2, -0.15) is 0 Å². The average Bonchev–Trinajstić information content (AvgIpc) is 2.39. The minimum Gasteiger partial charge on any atom is -0.308 e. The summed E-state index contributed by atoms with van der Waals surface area (Å²) in [5.41, 5.74) is -0.289. The molecule has 0 unspecified atom stereocenters. The molecule has 1 aromatic heterocycles. The molecule has 1 heterocycles. The van der Waals surface area contributed by atoms with E-state index in [2.05, 4.69) is 24.1 Å². The third kappa shape index (κ3) is 3.79. The summed E-state index contributed by atoms with van der Waals surface area (Å²) in [4.78, 5) is 4.01. The Labute approximate surface area is 121 Å². The van der Waals surface area contributed by atoms with Gasteiger partial charge in [0.1, 0.15) is 0 Å².